The van der Waals surface area contributed by atoms with Crippen molar-refractivity contribution in [2.45, 2.75) is 0 Å². The number of rotatable bonds is 2. The summed E-state index contributed by atoms with van der Waals surface area (Å²) in [5.74, 6) is 0.418. The summed E-state index contributed by atoms with van der Waals surface area (Å²) in [5.41, 5.74) is 11.7. The minimum atomic E-state index is 0.418. The predicted molar refractivity (Wildman–Crippen MR) is 110 cm³/mol. The predicted octanol–water partition coefficient (Wildman–Crippen LogP) is 4.03. The van der Waals surface area contributed by atoms with E-state index in [4.69, 9.17) is 10.8 Å². The van der Waals surface area contributed by atoms with E-state index in [1.54, 1.807) is 0 Å². The number of nitrogens with one attached hydrogen (secondary N) is 2. The fourth-order valence-corrected chi connectivity index (χ4v) is 3.72. The van der Waals surface area contributed by atoms with Crippen molar-refractivity contribution in [3.63, 3.8) is 0 Å². The van der Waals surface area contributed by atoms with Crippen LogP contribution in [-0.4, -0.2) is 29.7 Å². The van der Waals surface area contributed by atoms with Crippen molar-refractivity contribution < 1.29 is 0 Å². The van der Waals surface area contributed by atoms with Gasteiger partial charge >= 0.3 is 0 Å². The second-order valence-corrected chi connectivity index (χ2v) is 6.75. The number of hydrogen-bond acceptors (Lipinski definition) is 4. The number of hydrogen-bond donors (Lipinski definition) is 3. The highest BCUT2D eigenvalue weighted by Crippen LogP contribution is 2.33. The first-order chi connectivity index (χ1) is 13.8. The zero-order valence-electron chi connectivity index (χ0n) is 14.7. The maximum atomic E-state index is 6.24. The summed E-state index contributed by atoms with van der Waals surface area (Å²) in [7, 11) is 0. The van der Waals surface area contributed by atoms with E-state index < -0.39 is 0 Å². The molecular weight excluding hydrogens is 350 g/mol. The lowest BCUT2D eigenvalue weighted by atomic mass is 10.1. The molecule has 4 aromatic heterocycles. The molecule has 28 heavy (non-hydrogen) atoms. The number of benzene rings is 2. The molecule has 0 radical (unpaired) electrons. The summed E-state index contributed by atoms with van der Waals surface area (Å²) in [6.45, 7) is 0. The SMILES string of the molecule is Nc1ncnc2c1c(-c1ccc3[nH]ccc3c1)nn2-c1ccc2cc[nH]c2c1. The lowest BCUT2D eigenvalue weighted by molar-refractivity contribution is 0.900. The molecule has 7 heteroatoms. The Kier molecular flexibility index (Phi) is 2.91. The molecule has 6 aromatic rings. The average molecular weight is 365 g/mol. The Morgan fingerprint density at radius 1 is 0.821 bits per heavy atom. The molecule has 0 unspecified atom stereocenters. The third-order valence-corrected chi connectivity index (χ3v) is 5.10. The van der Waals surface area contributed by atoms with Crippen LogP contribution in [0.1, 0.15) is 0 Å². The number of nitrogen functional groups attached to an aromatic ring is 1. The number of fused-ring (bicyclic) bond motifs is 3. The maximum Gasteiger partial charge on any atom is 0.169 e. The summed E-state index contributed by atoms with van der Waals surface area (Å²) in [4.78, 5) is 15.1. The lowest BCUT2D eigenvalue weighted by Gasteiger charge is -2.03. The minimum Gasteiger partial charge on any atom is -0.383 e. The number of aromatic amines is 2. The molecule has 0 amide bonds. The molecule has 0 bridgehead atoms. The van der Waals surface area contributed by atoms with Gasteiger partial charge in [0, 0.05) is 34.4 Å². The van der Waals surface area contributed by atoms with Crippen molar-refractivity contribution >= 4 is 38.7 Å². The van der Waals surface area contributed by atoms with E-state index in [-0.39, 0.29) is 0 Å². The van der Waals surface area contributed by atoms with E-state index in [0.717, 1.165) is 44.1 Å². The minimum absolute atomic E-state index is 0.418. The highest BCUT2D eigenvalue weighted by molar-refractivity contribution is 6.00. The molecule has 0 fully saturated rings. The van der Waals surface area contributed by atoms with Crippen LogP contribution in [-0.2, 0) is 0 Å². The van der Waals surface area contributed by atoms with E-state index in [1.807, 2.05) is 47.4 Å². The Labute approximate surface area is 158 Å². The van der Waals surface area contributed by atoms with Crippen LogP contribution in [0.25, 0.3) is 49.8 Å². The van der Waals surface area contributed by atoms with Gasteiger partial charge in [0.25, 0.3) is 0 Å². The topological polar surface area (TPSA) is 101 Å². The van der Waals surface area contributed by atoms with Crippen LogP contribution in [0.3, 0.4) is 0 Å². The van der Waals surface area contributed by atoms with Crippen LogP contribution in [0.5, 0.6) is 0 Å². The molecule has 134 valence electrons. The van der Waals surface area contributed by atoms with Gasteiger partial charge in [-0.2, -0.15) is 5.10 Å². The van der Waals surface area contributed by atoms with E-state index in [9.17, 15) is 0 Å². The molecule has 2 aromatic carbocycles. The molecule has 0 aliphatic rings. The van der Waals surface area contributed by atoms with Gasteiger partial charge in [0.2, 0.25) is 0 Å². The summed E-state index contributed by atoms with van der Waals surface area (Å²) < 4.78 is 1.82. The van der Waals surface area contributed by atoms with E-state index in [2.05, 4.69) is 38.1 Å². The van der Waals surface area contributed by atoms with Crippen LogP contribution in [0.15, 0.2) is 67.3 Å². The Morgan fingerprint density at radius 3 is 2.61 bits per heavy atom. The fourth-order valence-electron chi connectivity index (χ4n) is 3.72. The van der Waals surface area contributed by atoms with Crippen LogP contribution in [0, 0.1) is 0 Å². The number of H-pyrrole nitrogens is 2. The summed E-state index contributed by atoms with van der Waals surface area (Å²) in [5, 5.41) is 7.90. The number of anilines is 1. The third-order valence-electron chi connectivity index (χ3n) is 5.10. The van der Waals surface area contributed by atoms with Gasteiger partial charge in [-0.25, -0.2) is 14.6 Å². The monoisotopic (exact) mass is 365 g/mol. The van der Waals surface area contributed by atoms with Gasteiger partial charge < -0.3 is 15.7 Å². The highest BCUT2D eigenvalue weighted by atomic mass is 15.3. The standard InChI is InChI=1S/C21H15N7/c22-20-18-19(14-2-4-16-13(9-14)6-8-23-16)27-28(21(18)26-11-25-20)15-3-1-12-5-7-24-17(12)10-15/h1-11,23-24H,(H2,22,25,26). The van der Waals surface area contributed by atoms with Gasteiger partial charge in [-0.1, -0.05) is 12.1 Å². The molecule has 4 N–H and O–H groups in total. The van der Waals surface area contributed by atoms with Crippen molar-refractivity contribution in [3.8, 4) is 16.9 Å². The Bertz CT molecular complexity index is 1490. The van der Waals surface area contributed by atoms with Crippen LogP contribution in [0.4, 0.5) is 5.82 Å². The molecule has 7 nitrogen and oxygen atoms in total. The Balaban J connectivity index is 1.65. The van der Waals surface area contributed by atoms with Crippen LogP contribution >= 0.6 is 0 Å². The van der Waals surface area contributed by atoms with Crippen LogP contribution in [0.2, 0.25) is 0 Å². The molecule has 0 aliphatic heterocycles. The molecule has 0 saturated carbocycles. The molecule has 6 rings (SSSR count). The first-order valence-electron chi connectivity index (χ1n) is 8.92. The summed E-state index contributed by atoms with van der Waals surface area (Å²) in [6, 6.07) is 16.4. The third kappa shape index (κ3) is 2.07. The van der Waals surface area contributed by atoms with Gasteiger partial charge in [0.1, 0.15) is 17.8 Å². The van der Waals surface area contributed by atoms with E-state index >= 15 is 0 Å². The Morgan fingerprint density at radius 2 is 1.68 bits per heavy atom. The summed E-state index contributed by atoms with van der Waals surface area (Å²) >= 11 is 0. The van der Waals surface area contributed by atoms with Crippen molar-refractivity contribution in [3.05, 3.63) is 67.3 Å². The first kappa shape index (κ1) is 15.0. The average Bonchev–Trinajstić information content (AvgIpc) is 3.44. The largest absolute Gasteiger partial charge is 0.383 e. The fraction of sp³-hybridized carbons (Fsp3) is 0. The maximum absolute atomic E-state index is 6.24. The van der Waals surface area contributed by atoms with Gasteiger partial charge in [0.05, 0.1) is 11.1 Å². The zero-order valence-corrected chi connectivity index (χ0v) is 14.7. The van der Waals surface area contributed by atoms with E-state index in [1.165, 1.54) is 6.33 Å². The molecule has 0 atom stereocenters. The molecule has 0 aliphatic carbocycles. The van der Waals surface area contributed by atoms with Crippen molar-refractivity contribution in [2.24, 2.45) is 0 Å². The van der Waals surface area contributed by atoms with Gasteiger partial charge in [-0.3, -0.25) is 0 Å². The molecular formula is C21H15N7. The second kappa shape index (κ2) is 5.43. The molecule has 0 saturated heterocycles. The number of aromatic nitrogens is 6. The zero-order chi connectivity index (χ0) is 18.7. The van der Waals surface area contributed by atoms with Crippen molar-refractivity contribution in [1.82, 2.24) is 29.7 Å². The lowest BCUT2D eigenvalue weighted by Crippen LogP contribution is -1.99. The quantitative estimate of drug-likeness (QED) is 0.431. The molecule has 4 heterocycles. The first-order valence-corrected chi connectivity index (χ1v) is 8.92. The van der Waals surface area contributed by atoms with Gasteiger partial charge in [0.15, 0.2) is 5.65 Å². The van der Waals surface area contributed by atoms with Gasteiger partial charge in [-0.15, -0.1) is 0 Å². The van der Waals surface area contributed by atoms with Crippen molar-refractivity contribution in [2.75, 3.05) is 5.73 Å². The summed E-state index contributed by atoms with van der Waals surface area (Å²) in [6.07, 6.45) is 5.32. The van der Waals surface area contributed by atoms with Crippen molar-refractivity contribution in [1.29, 1.82) is 0 Å². The normalized spacial score (nSPS) is 11.7. The molecule has 0 spiro atoms. The second-order valence-electron chi connectivity index (χ2n) is 6.75. The van der Waals surface area contributed by atoms with Crippen LogP contribution < -0.4 is 5.73 Å². The van der Waals surface area contributed by atoms with E-state index in [0.29, 0.717) is 11.5 Å². The number of nitrogens with zero attached hydrogens (tertiary/aromatic N) is 4. The highest BCUT2D eigenvalue weighted by Gasteiger charge is 2.18. The van der Waals surface area contributed by atoms with Gasteiger partial charge in [-0.05, 0) is 41.8 Å². The Hall–Kier alpha value is -4.13. The number of nitrogens with two attached hydrogens (primary N) is 1. The smallest absolute Gasteiger partial charge is 0.169 e.